The number of rotatable bonds is 4. The molecule has 1 N–H and O–H groups in total. The summed E-state index contributed by atoms with van der Waals surface area (Å²) in [5.74, 6) is 0. The summed E-state index contributed by atoms with van der Waals surface area (Å²) in [5, 5.41) is 4.44. The Bertz CT molecular complexity index is 420. The first kappa shape index (κ1) is 13.5. The maximum Gasteiger partial charge on any atom is 0.0140 e. The number of hydrogen-bond donors (Lipinski definition) is 1. The Morgan fingerprint density at radius 3 is 3.00 bits per heavy atom. The SMILES string of the molecule is CCNC1CCC(C)(CC2Cc3ccccc3S2)C1. The zero-order chi connectivity index (χ0) is 13.3. The predicted molar refractivity (Wildman–Crippen MR) is 83.8 cm³/mol. The molecular weight excluding hydrogens is 250 g/mol. The highest BCUT2D eigenvalue weighted by molar-refractivity contribution is 8.00. The molecule has 1 aromatic carbocycles. The fraction of sp³-hybridized carbons (Fsp3) is 0.647. The van der Waals surface area contributed by atoms with Crippen molar-refractivity contribution in [2.45, 2.75) is 62.1 Å². The third-order valence-corrected chi connectivity index (χ3v) is 6.08. The second-order valence-electron chi connectivity index (χ2n) is 6.56. The van der Waals surface area contributed by atoms with Gasteiger partial charge in [-0.2, -0.15) is 0 Å². The van der Waals surface area contributed by atoms with Crippen LogP contribution in [0.5, 0.6) is 0 Å². The Labute approximate surface area is 121 Å². The Morgan fingerprint density at radius 1 is 1.37 bits per heavy atom. The maximum absolute atomic E-state index is 3.63. The van der Waals surface area contributed by atoms with Gasteiger partial charge >= 0.3 is 0 Å². The van der Waals surface area contributed by atoms with Crippen molar-refractivity contribution >= 4 is 11.8 Å². The van der Waals surface area contributed by atoms with E-state index in [0.717, 1.165) is 17.8 Å². The van der Waals surface area contributed by atoms with E-state index < -0.39 is 0 Å². The van der Waals surface area contributed by atoms with Crippen LogP contribution >= 0.6 is 11.8 Å². The number of thioether (sulfide) groups is 1. The van der Waals surface area contributed by atoms with E-state index >= 15 is 0 Å². The number of benzene rings is 1. The van der Waals surface area contributed by atoms with Crippen molar-refractivity contribution in [2.24, 2.45) is 5.41 Å². The minimum atomic E-state index is 0.562. The molecule has 0 radical (unpaired) electrons. The van der Waals surface area contributed by atoms with Gasteiger partial charge in [0.1, 0.15) is 0 Å². The van der Waals surface area contributed by atoms with Crippen molar-refractivity contribution in [3.63, 3.8) is 0 Å². The van der Waals surface area contributed by atoms with Gasteiger partial charge < -0.3 is 5.32 Å². The molecule has 1 aliphatic carbocycles. The van der Waals surface area contributed by atoms with Crippen LogP contribution in [0.3, 0.4) is 0 Å². The van der Waals surface area contributed by atoms with Crippen LogP contribution in [0.2, 0.25) is 0 Å². The topological polar surface area (TPSA) is 12.0 Å². The van der Waals surface area contributed by atoms with Crippen LogP contribution in [0, 0.1) is 5.41 Å². The van der Waals surface area contributed by atoms with E-state index in [9.17, 15) is 0 Å². The zero-order valence-electron chi connectivity index (χ0n) is 12.1. The first-order chi connectivity index (χ1) is 9.18. The van der Waals surface area contributed by atoms with Gasteiger partial charge in [-0.15, -0.1) is 11.8 Å². The maximum atomic E-state index is 3.63. The summed E-state index contributed by atoms with van der Waals surface area (Å²) in [6.07, 6.45) is 6.80. The molecule has 2 heteroatoms. The van der Waals surface area contributed by atoms with Crippen molar-refractivity contribution < 1.29 is 0 Å². The molecule has 2 aliphatic rings. The second kappa shape index (κ2) is 5.49. The van der Waals surface area contributed by atoms with Crippen LogP contribution < -0.4 is 5.32 Å². The summed E-state index contributed by atoms with van der Waals surface area (Å²) in [6, 6.07) is 9.72. The molecule has 1 saturated carbocycles. The number of nitrogens with one attached hydrogen (secondary N) is 1. The van der Waals surface area contributed by atoms with Gasteiger partial charge in [-0.1, -0.05) is 32.0 Å². The van der Waals surface area contributed by atoms with Gasteiger partial charge in [0, 0.05) is 16.2 Å². The van der Waals surface area contributed by atoms with Crippen molar-refractivity contribution in [1.82, 2.24) is 5.32 Å². The van der Waals surface area contributed by atoms with Crippen LogP contribution in [0.25, 0.3) is 0 Å². The van der Waals surface area contributed by atoms with E-state index in [1.165, 1.54) is 37.0 Å². The third kappa shape index (κ3) is 3.00. The van der Waals surface area contributed by atoms with Crippen LogP contribution in [0.15, 0.2) is 29.2 Å². The minimum Gasteiger partial charge on any atom is -0.314 e. The van der Waals surface area contributed by atoms with Crippen LogP contribution in [-0.4, -0.2) is 17.8 Å². The highest BCUT2D eigenvalue weighted by Crippen LogP contribution is 2.48. The summed E-state index contributed by atoms with van der Waals surface area (Å²) >= 11 is 2.12. The lowest BCUT2D eigenvalue weighted by Gasteiger charge is -2.27. The molecule has 0 aromatic heterocycles. The summed E-state index contributed by atoms with van der Waals surface area (Å²) in [5.41, 5.74) is 2.13. The number of fused-ring (bicyclic) bond motifs is 1. The lowest BCUT2D eigenvalue weighted by atomic mass is 9.82. The molecular formula is C17H25NS. The number of hydrogen-bond acceptors (Lipinski definition) is 2. The van der Waals surface area contributed by atoms with Gasteiger partial charge in [-0.05, 0) is 55.7 Å². The normalized spacial score (nSPS) is 33.6. The largest absolute Gasteiger partial charge is 0.314 e. The quantitative estimate of drug-likeness (QED) is 0.881. The van der Waals surface area contributed by atoms with E-state index in [0.29, 0.717) is 5.41 Å². The first-order valence-electron chi connectivity index (χ1n) is 7.66. The minimum absolute atomic E-state index is 0.562. The summed E-state index contributed by atoms with van der Waals surface area (Å²) in [6.45, 7) is 5.84. The van der Waals surface area contributed by atoms with E-state index in [-0.39, 0.29) is 0 Å². The molecule has 1 fully saturated rings. The van der Waals surface area contributed by atoms with Crippen LogP contribution in [0.4, 0.5) is 0 Å². The van der Waals surface area contributed by atoms with Gasteiger partial charge in [0.25, 0.3) is 0 Å². The summed E-state index contributed by atoms with van der Waals surface area (Å²) in [7, 11) is 0. The van der Waals surface area contributed by atoms with Crippen molar-refractivity contribution in [3.05, 3.63) is 29.8 Å². The fourth-order valence-electron chi connectivity index (χ4n) is 3.89. The molecule has 3 unspecified atom stereocenters. The Hall–Kier alpha value is -0.470. The van der Waals surface area contributed by atoms with Gasteiger partial charge in [0.05, 0.1) is 0 Å². The average molecular weight is 275 g/mol. The first-order valence-corrected chi connectivity index (χ1v) is 8.54. The lowest BCUT2D eigenvalue weighted by molar-refractivity contribution is 0.295. The molecule has 1 heterocycles. The third-order valence-electron chi connectivity index (χ3n) is 4.76. The molecule has 1 aliphatic heterocycles. The Kier molecular flexibility index (Phi) is 3.91. The van der Waals surface area contributed by atoms with Crippen molar-refractivity contribution in [2.75, 3.05) is 6.54 Å². The molecule has 0 spiro atoms. The summed E-state index contributed by atoms with van der Waals surface area (Å²) in [4.78, 5) is 1.53. The summed E-state index contributed by atoms with van der Waals surface area (Å²) < 4.78 is 0. The zero-order valence-corrected chi connectivity index (χ0v) is 12.9. The molecule has 104 valence electrons. The molecule has 0 saturated heterocycles. The molecule has 0 amide bonds. The second-order valence-corrected chi connectivity index (χ2v) is 7.91. The smallest absolute Gasteiger partial charge is 0.0140 e. The molecule has 0 bridgehead atoms. The molecule has 1 nitrogen and oxygen atoms in total. The standard InChI is InChI=1S/C17H25NS/c1-3-18-14-8-9-17(2,11-14)12-15-10-13-6-4-5-7-16(13)19-15/h4-7,14-15,18H,3,8-12H2,1-2H3. The predicted octanol–water partition coefficient (Wildman–Crippen LogP) is 4.26. The van der Waals surface area contributed by atoms with E-state index in [1.54, 1.807) is 5.56 Å². The van der Waals surface area contributed by atoms with Crippen LogP contribution in [0.1, 0.15) is 45.1 Å². The van der Waals surface area contributed by atoms with E-state index in [2.05, 4.69) is 55.2 Å². The average Bonchev–Trinajstić information content (AvgIpc) is 2.93. The van der Waals surface area contributed by atoms with Gasteiger partial charge in [-0.3, -0.25) is 0 Å². The molecule has 3 rings (SSSR count). The monoisotopic (exact) mass is 275 g/mol. The van der Waals surface area contributed by atoms with Crippen molar-refractivity contribution in [1.29, 1.82) is 0 Å². The van der Waals surface area contributed by atoms with Crippen molar-refractivity contribution in [3.8, 4) is 0 Å². The van der Waals surface area contributed by atoms with E-state index in [4.69, 9.17) is 0 Å². The lowest BCUT2D eigenvalue weighted by Crippen LogP contribution is -2.28. The molecule has 1 aromatic rings. The highest BCUT2D eigenvalue weighted by Gasteiger charge is 2.38. The fourth-order valence-corrected chi connectivity index (χ4v) is 5.45. The Morgan fingerprint density at radius 2 is 2.21 bits per heavy atom. The van der Waals surface area contributed by atoms with E-state index in [1.807, 2.05) is 0 Å². The van der Waals surface area contributed by atoms with Gasteiger partial charge in [0.15, 0.2) is 0 Å². The molecule has 3 atom stereocenters. The van der Waals surface area contributed by atoms with Gasteiger partial charge in [-0.25, -0.2) is 0 Å². The highest BCUT2D eigenvalue weighted by atomic mass is 32.2. The Balaban J connectivity index is 1.59. The van der Waals surface area contributed by atoms with Crippen LogP contribution in [-0.2, 0) is 6.42 Å². The van der Waals surface area contributed by atoms with Gasteiger partial charge in [0.2, 0.25) is 0 Å². The molecule has 19 heavy (non-hydrogen) atoms.